The van der Waals surface area contributed by atoms with Gasteiger partial charge in [0.05, 0.1) is 61.3 Å². The standard InChI is InChI=1S/C26H28N6O13S6.4Li/c1-43-22-14-18(32-31-17-5-4-16-12-19(48-45-44-33)15-23(20(16)13-17)51(40,41)42)6-7-21(22)27-24-28-25(46-8-2-10-49(34,35)36)30-26(29-24)47-9-3-11-50(37,38)39;;;;/h4-7,12-15,33H,2-3,8-11H2,1H3,(H,34,35,36)(H,37,38,39)(H,40,41,42)(H,27,28,29,30);;;;/q;4*+1/p-4. The number of rotatable bonds is 19. The number of aromatic nitrogens is 3. The maximum atomic E-state index is 12.0. The van der Waals surface area contributed by atoms with Crippen LogP contribution in [-0.2, 0) is 39.7 Å². The van der Waals surface area contributed by atoms with Crippen LogP contribution >= 0.6 is 35.6 Å². The summed E-state index contributed by atoms with van der Waals surface area (Å²) in [6.07, 6.45) is 0.0945. The molecule has 0 aliphatic rings. The molecule has 4 aromatic rings. The van der Waals surface area contributed by atoms with E-state index in [0.717, 1.165) is 29.6 Å². The van der Waals surface area contributed by atoms with Crippen molar-refractivity contribution in [1.29, 1.82) is 0 Å². The Bertz CT molecular complexity index is 2190. The van der Waals surface area contributed by atoms with Crippen LogP contribution < -0.4 is 90.8 Å². The molecule has 19 nitrogen and oxygen atoms in total. The Morgan fingerprint density at radius 1 is 0.745 bits per heavy atom. The monoisotopic (exact) mass is 848 g/mol. The third-order valence-corrected chi connectivity index (χ3v) is 11.0. The molecule has 0 saturated heterocycles. The number of thioether (sulfide) groups is 2. The molecule has 276 valence electrons. The van der Waals surface area contributed by atoms with Gasteiger partial charge in [-0.1, -0.05) is 29.6 Å². The van der Waals surface area contributed by atoms with Gasteiger partial charge in [-0.2, -0.15) is 29.5 Å². The summed E-state index contributed by atoms with van der Waals surface area (Å²) in [6.45, 7) is 0. The first kappa shape index (κ1) is 54.2. The van der Waals surface area contributed by atoms with Gasteiger partial charge in [-0.15, -0.1) is 0 Å². The first-order chi connectivity index (χ1) is 24.0. The fourth-order valence-electron chi connectivity index (χ4n) is 4.06. The van der Waals surface area contributed by atoms with Crippen molar-refractivity contribution < 1.29 is 134 Å². The quantitative estimate of drug-likeness (QED) is 0.0134. The van der Waals surface area contributed by atoms with E-state index in [2.05, 4.69) is 39.9 Å². The molecule has 0 unspecified atom stereocenters. The Morgan fingerprint density at radius 3 is 1.80 bits per heavy atom. The molecule has 0 saturated carbocycles. The van der Waals surface area contributed by atoms with Crippen LogP contribution in [-0.4, -0.2) is 84.0 Å². The number of hydrogen-bond acceptors (Lipinski definition) is 22. The van der Waals surface area contributed by atoms with E-state index in [9.17, 15) is 44.2 Å². The van der Waals surface area contributed by atoms with Gasteiger partial charge in [0.2, 0.25) is 5.95 Å². The summed E-state index contributed by atoms with van der Waals surface area (Å²) in [7, 11) is -12.4. The largest absolute Gasteiger partial charge is 1.00 e. The molecule has 0 fully saturated rings. The summed E-state index contributed by atoms with van der Waals surface area (Å²) in [4.78, 5) is 12.5. The number of ether oxygens (including phenoxy) is 1. The maximum Gasteiger partial charge on any atom is 1.00 e. The van der Waals surface area contributed by atoms with Gasteiger partial charge in [-0.05, 0) is 54.6 Å². The zero-order valence-corrected chi connectivity index (χ0v) is 34.8. The molecule has 29 heteroatoms. The molecule has 55 heavy (non-hydrogen) atoms. The van der Waals surface area contributed by atoms with Gasteiger partial charge in [0.15, 0.2) is 10.3 Å². The maximum absolute atomic E-state index is 12.0. The first-order valence-corrected chi connectivity index (χ1v) is 21.2. The van der Waals surface area contributed by atoms with Crippen molar-refractivity contribution in [2.24, 2.45) is 10.2 Å². The number of nitrogens with one attached hydrogen (secondary N) is 1. The van der Waals surface area contributed by atoms with Crippen LogP contribution in [0.1, 0.15) is 12.8 Å². The minimum Gasteiger partial charge on any atom is -0.748 e. The van der Waals surface area contributed by atoms with Crippen molar-refractivity contribution in [3.05, 3.63) is 48.5 Å². The Labute approximate surface area is 377 Å². The minimum absolute atomic E-state index is 0. The minimum atomic E-state index is -4.95. The first-order valence-electron chi connectivity index (χ1n) is 14.0. The van der Waals surface area contributed by atoms with E-state index in [1.165, 1.54) is 37.4 Å². The van der Waals surface area contributed by atoms with E-state index >= 15 is 0 Å². The summed E-state index contributed by atoms with van der Waals surface area (Å²) in [5.74, 6) is -0.422. The Morgan fingerprint density at radius 2 is 1.29 bits per heavy atom. The summed E-state index contributed by atoms with van der Waals surface area (Å²) in [6, 6.07) is 11.5. The van der Waals surface area contributed by atoms with E-state index in [-0.39, 0.29) is 138 Å². The number of azo groups is 1. The summed E-state index contributed by atoms with van der Waals surface area (Å²) >= 11 is 2.57. The van der Waals surface area contributed by atoms with Crippen molar-refractivity contribution >= 4 is 99.7 Å². The molecule has 0 amide bonds. The Kier molecular flexibility index (Phi) is 24.6. The van der Waals surface area contributed by atoms with Crippen LogP contribution in [0.4, 0.5) is 23.0 Å². The molecule has 0 bridgehead atoms. The second-order valence-corrected chi connectivity index (χ2v) is 17.2. The molecular formula is C26H24Li4N6O13S6. The van der Waals surface area contributed by atoms with Gasteiger partial charge >= 0.3 is 75.4 Å². The predicted molar refractivity (Wildman–Crippen MR) is 180 cm³/mol. The Hall–Kier alpha value is -0.820. The Balaban J connectivity index is 0.00000729. The number of methoxy groups -OCH3 is 1. The second kappa shape index (κ2) is 24.9. The molecular weight excluding hydrogens is 824 g/mol. The van der Waals surface area contributed by atoms with E-state index in [1.54, 1.807) is 12.1 Å². The van der Waals surface area contributed by atoms with E-state index in [4.69, 9.17) is 4.74 Å². The van der Waals surface area contributed by atoms with Crippen LogP contribution in [0.2, 0.25) is 0 Å². The van der Waals surface area contributed by atoms with Crippen molar-refractivity contribution in [2.45, 2.75) is 32.9 Å². The smallest absolute Gasteiger partial charge is 0.748 e. The average Bonchev–Trinajstić information content (AvgIpc) is 3.05. The number of fused-ring (bicyclic) bond motifs is 1. The zero-order chi connectivity index (χ0) is 37.2. The molecule has 0 aliphatic heterocycles. The molecule has 0 aliphatic carbocycles. The van der Waals surface area contributed by atoms with Crippen molar-refractivity contribution in [1.82, 2.24) is 15.0 Å². The molecule has 1 heterocycles. The molecule has 1 N–H and O–H groups in total. The van der Waals surface area contributed by atoms with Crippen molar-refractivity contribution in [2.75, 3.05) is 35.4 Å². The third-order valence-electron chi connectivity index (χ3n) is 6.15. The van der Waals surface area contributed by atoms with Crippen molar-refractivity contribution in [3.8, 4) is 5.75 Å². The van der Waals surface area contributed by atoms with Gasteiger partial charge in [0, 0.05) is 39.4 Å². The predicted octanol–water partition coefficient (Wildman–Crippen LogP) is -8.60. The van der Waals surface area contributed by atoms with Crippen LogP contribution in [0, 0.1) is 0 Å². The fraction of sp³-hybridized carbons (Fsp3) is 0.269. The van der Waals surface area contributed by atoms with Crippen LogP contribution in [0.15, 0.2) is 78.9 Å². The van der Waals surface area contributed by atoms with Crippen LogP contribution in [0.3, 0.4) is 0 Å². The van der Waals surface area contributed by atoms with E-state index < -0.39 is 46.8 Å². The topological polar surface area (TPSA) is 298 Å². The number of nitrogens with zero attached hydrogens (tertiary/aromatic N) is 5. The zero-order valence-electron chi connectivity index (χ0n) is 29.9. The van der Waals surface area contributed by atoms with Gasteiger partial charge < -0.3 is 29.0 Å². The fourth-order valence-corrected chi connectivity index (χ4v) is 8.26. The normalized spacial score (nSPS) is 11.6. The summed E-state index contributed by atoms with van der Waals surface area (Å²) < 4.78 is 111. The molecule has 0 radical (unpaired) electrons. The molecule has 4 rings (SSSR count). The molecule has 0 spiro atoms. The average molecular weight is 849 g/mol. The molecule has 1 aromatic heterocycles. The van der Waals surface area contributed by atoms with Gasteiger partial charge in [0.25, 0.3) is 0 Å². The second-order valence-electron chi connectivity index (χ2n) is 9.86. The van der Waals surface area contributed by atoms with Crippen LogP contribution in [0.25, 0.3) is 10.8 Å². The third kappa shape index (κ3) is 18.8. The van der Waals surface area contributed by atoms with Gasteiger partial charge in [-0.25, -0.2) is 25.3 Å². The van der Waals surface area contributed by atoms with E-state index in [1.807, 2.05) is 0 Å². The number of benzene rings is 3. The number of hydrogen-bond donors (Lipinski definition) is 1. The van der Waals surface area contributed by atoms with Gasteiger partial charge in [-0.3, -0.25) is 5.04 Å². The SMILES string of the molecule is COc1cc(N=Nc2ccc3cc(SOO[O-])cc(S(=O)(=O)[O-])c3c2)ccc1Nc1nc(SCCCS(=O)(=O)[O-])nc(SCCCS(=O)(=O)[O-])n1.[Li+].[Li+].[Li+].[Li+]. The number of anilines is 2. The molecule has 0 atom stereocenters. The summed E-state index contributed by atoms with van der Waals surface area (Å²) in [5.41, 5.74) is 0.884. The van der Waals surface area contributed by atoms with Gasteiger partial charge in [0.1, 0.15) is 15.9 Å². The van der Waals surface area contributed by atoms with E-state index in [0.29, 0.717) is 28.8 Å². The molecule has 3 aromatic carbocycles. The summed E-state index contributed by atoms with van der Waals surface area (Å²) in [5, 5.41) is 25.5. The van der Waals surface area contributed by atoms with Crippen molar-refractivity contribution in [3.63, 3.8) is 0 Å². The van der Waals surface area contributed by atoms with Crippen LogP contribution in [0.5, 0.6) is 5.75 Å².